The molecule has 2 amide bonds. The van der Waals surface area contributed by atoms with Crippen LogP contribution in [0.1, 0.15) is 19.7 Å². The average molecular weight is 412 g/mol. The van der Waals surface area contributed by atoms with E-state index in [1.807, 2.05) is 31.2 Å². The highest BCUT2D eigenvalue weighted by Gasteiger charge is 2.19. The number of carbonyl (C=O) groups excluding carboxylic acids is 2. The normalized spacial score (nSPS) is 11.8. The highest BCUT2D eigenvalue weighted by atomic mass is 79.9. The Hall–Kier alpha value is -2.26. The van der Waals surface area contributed by atoms with Gasteiger partial charge in [0.25, 0.3) is 11.8 Å². The van der Waals surface area contributed by atoms with Crippen molar-refractivity contribution >= 4 is 27.9 Å². The van der Waals surface area contributed by atoms with Crippen LogP contribution in [0, 0.1) is 0 Å². The molecular formula is C16H20BrN4O4+. The molecule has 1 aromatic carbocycles. The van der Waals surface area contributed by atoms with E-state index in [-0.39, 0.29) is 13.2 Å². The van der Waals surface area contributed by atoms with Crippen LogP contribution < -0.4 is 10.2 Å². The molecule has 0 saturated carbocycles. The fraction of sp³-hybridized carbons (Fsp3) is 0.375. The SMILES string of the molecule is CCOC(=O)NC(=O)C[NH+](CC)Cc1nnc(-c2ccccc2Br)o1. The third-order valence-electron chi connectivity index (χ3n) is 3.40. The van der Waals surface area contributed by atoms with Crippen molar-refractivity contribution < 1.29 is 23.6 Å². The molecule has 0 aliphatic carbocycles. The second-order valence-electron chi connectivity index (χ2n) is 5.21. The minimum Gasteiger partial charge on any atom is -0.450 e. The van der Waals surface area contributed by atoms with Gasteiger partial charge in [-0.15, -0.1) is 10.2 Å². The molecule has 0 aliphatic heterocycles. The molecule has 0 spiro atoms. The van der Waals surface area contributed by atoms with Crippen LogP contribution in [0.3, 0.4) is 0 Å². The summed E-state index contributed by atoms with van der Waals surface area (Å²) in [4.78, 5) is 24.0. The van der Waals surface area contributed by atoms with Gasteiger partial charge in [0, 0.05) is 4.47 Å². The Morgan fingerprint density at radius 1 is 1.28 bits per heavy atom. The van der Waals surface area contributed by atoms with Gasteiger partial charge in [-0.3, -0.25) is 10.1 Å². The molecule has 134 valence electrons. The molecule has 2 N–H and O–H groups in total. The van der Waals surface area contributed by atoms with E-state index in [1.165, 1.54) is 0 Å². The van der Waals surface area contributed by atoms with Crippen molar-refractivity contribution in [3.05, 3.63) is 34.6 Å². The number of ether oxygens (including phenoxy) is 1. The highest BCUT2D eigenvalue weighted by molar-refractivity contribution is 9.10. The van der Waals surface area contributed by atoms with Gasteiger partial charge >= 0.3 is 6.09 Å². The number of hydrogen-bond acceptors (Lipinski definition) is 6. The summed E-state index contributed by atoms with van der Waals surface area (Å²) in [6.07, 6.45) is -0.739. The van der Waals surface area contributed by atoms with Gasteiger partial charge in [-0.05, 0) is 41.9 Å². The predicted molar refractivity (Wildman–Crippen MR) is 92.7 cm³/mol. The van der Waals surface area contributed by atoms with E-state index in [0.717, 1.165) is 14.9 Å². The van der Waals surface area contributed by atoms with Crippen molar-refractivity contribution in [3.63, 3.8) is 0 Å². The quantitative estimate of drug-likeness (QED) is 0.709. The van der Waals surface area contributed by atoms with E-state index >= 15 is 0 Å². The van der Waals surface area contributed by atoms with E-state index in [0.29, 0.717) is 24.9 Å². The number of nitrogens with zero attached hydrogens (tertiary/aromatic N) is 2. The van der Waals surface area contributed by atoms with Crippen molar-refractivity contribution in [3.8, 4) is 11.5 Å². The van der Waals surface area contributed by atoms with Gasteiger partial charge in [-0.2, -0.15) is 0 Å². The summed E-state index contributed by atoms with van der Waals surface area (Å²) in [6.45, 7) is 4.95. The molecule has 1 heterocycles. The smallest absolute Gasteiger partial charge is 0.414 e. The van der Waals surface area contributed by atoms with Gasteiger partial charge < -0.3 is 14.1 Å². The molecule has 0 fully saturated rings. The maximum Gasteiger partial charge on any atom is 0.414 e. The number of likely N-dealkylation sites (N-methyl/N-ethyl adjacent to an activating group) is 1. The lowest BCUT2D eigenvalue weighted by atomic mass is 10.2. The fourth-order valence-corrected chi connectivity index (χ4v) is 2.60. The zero-order valence-corrected chi connectivity index (χ0v) is 15.6. The van der Waals surface area contributed by atoms with Gasteiger partial charge in [-0.1, -0.05) is 12.1 Å². The van der Waals surface area contributed by atoms with E-state index in [9.17, 15) is 9.59 Å². The van der Waals surface area contributed by atoms with Crippen molar-refractivity contribution in [2.75, 3.05) is 19.7 Å². The summed E-state index contributed by atoms with van der Waals surface area (Å²) in [5.41, 5.74) is 0.805. The second kappa shape index (κ2) is 9.28. The lowest BCUT2D eigenvalue weighted by Gasteiger charge is -2.14. The Morgan fingerprint density at radius 3 is 2.72 bits per heavy atom. The monoisotopic (exact) mass is 411 g/mol. The van der Waals surface area contributed by atoms with Gasteiger partial charge in [0.1, 0.15) is 0 Å². The van der Waals surface area contributed by atoms with Crippen LogP contribution in [0.25, 0.3) is 11.5 Å². The second-order valence-corrected chi connectivity index (χ2v) is 6.06. The van der Waals surface area contributed by atoms with Crippen LogP contribution in [-0.4, -0.2) is 41.9 Å². The number of nitrogens with one attached hydrogen (secondary N) is 2. The first kappa shape index (κ1) is 19.1. The Balaban J connectivity index is 1.97. The Bertz CT molecular complexity index is 734. The van der Waals surface area contributed by atoms with Crippen molar-refractivity contribution in [2.24, 2.45) is 0 Å². The number of alkyl carbamates (subject to hydrolysis) is 1. The Morgan fingerprint density at radius 2 is 2.04 bits per heavy atom. The lowest BCUT2D eigenvalue weighted by molar-refractivity contribution is -0.905. The van der Waals surface area contributed by atoms with E-state index in [1.54, 1.807) is 6.92 Å². The van der Waals surface area contributed by atoms with Gasteiger partial charge in [-0.25, -0.2) is 4.79 Å². The van der Waals surface area contributed by atoms with Crippen molar-refractivity contribution in [1.29, 1.82) is 0 Å². The molecule has 8 nitrogen and oxygen atoms in total. The van der Waals surface area contributed by atoms with E-state index in [4.69, 9.17) is 4.42 Å². The third kappa shape index (κ3) is 5.64. The Labute approximate surface area is 153 Å². The minimum atomic E-state index is -0.739. The van der Waals surface area contributed by atoms with Crippen LogP contribution in [0.15, 0.2) is 33.2 Å². The first-order valence-electron chi connectivity index (χ1n) is 7.90. The summed E-state index contributed by atoms with van der Waals surface area (Å²) in [6, 6.07) is 7.55. The fourth-order valence-electron chi connectivity index (χ4n) is 2.15. The van der Waals surface area contributed by atoms with Crippen molar-refractivity contribution in [1.82, 2.24) is 15.5 Å². The predicted octanol–water partition coefficient (Wildman–Crippen LogP) is 1.18. The van der Waals surface area contributed by atoms with E-state index < -0.39 is 12.0 Å². The number of halogens is 1. The topological polar surface area (TPSA) is 98.8 Å². The number of aromatic nitrogens is 2. The molecule has 0 saturated heterocycles. The number of quaternary nitrogens is 1. The summed E-state index contributed by atoms with van der Waals surface area (Å²) in [5.74, 6) is 0.418. The average Bonchev–Trinajstić information content (AvgIpc) is 3.03. The summed E-state index contributed by atoms with van der Waals surface area (Å²) < 4.78 is 11.2. The number of imide groups is 1. The van der Waals surface area contributed by atoms with Crippen LogP contribution >= 0.6 is 15.9 Å². The first-order valence-corrected chi connectivity index (χ1v) is 8.70. The molecule has 1 aromatic heterocycles. The van der Waals surface area contributed by atoms with E-state index in [2.05, 4.69) is 36.2 Å². The molecule has 0 bridgehead atoms. The number of rotatable bonds is 7. The summed E-state index contributed by atoms with van der Waals surface area (Å²) >= 11 is 3.45. The molecular weight excluding hydrogens is 392 g/mol. The molecule has 0 aliphatic rings. The first-order chi connectivity index (χ1) is 12.0. The molecule has 1 unspecified atom stereocenters. The maximum absolute atomic E-state index is 11.9. The molecule has 1 atom stereocenters. The number of amides is 2. The zero-order valence-electron chi connectivity index (χ0n) is 14.0. The molecule has 0 radical (unpaired) electrons. The largest absolute Gasteiger partial charge is 0.450 e. The molecule has 25 heavy (non-hydrogen) atoms. The molecule has 2 aromatic rings. The summed E-state index contributed by atoms with van der Waals surface area (Å²) in [5, 5.41) is 10.3. The van der Waals surface area contributed by atoms with Crippen LogP contribution in [0.2, 0.25) is 0 Å². The lowest BCUT2D eigenvalue weighted by Crippen LogP contribution is -3.11. The number of carbonyl (C=O) groups is 2. The van der Waals surface area contributed by atoms with Gasteiger partial charge in [0.05, 0.1) is 18.7 Å². The number of benzene rings is 1. The van der Waals surface area contributed by atoms with Crippen LogP contribution in [0.4, 0.5) is 4.79 Å². The highest BCUT2D eigenvalue weighted by Crippen LogP contribution is 2.26. The van der Waals surface area contributed by atoms with Gasteiger partial charge in [0.2, 0.25) is 5.89 Å². The number of hydrogen-bond donors (Lipinski definition) is 2. The van der Waals surface area contributed by atoms with Crippen LogP contribution in [-0.2, 0) is 16.1 Å². The third-order valence-corrected chi connectivity index (χ3v) is 4.09. The minimum absolute atomic E-state index is 0.0993. The summed E-state index contributed by atoms with van der Waals surface area (Å²) in [7, 11) is 0. The van der Waals surface area contributed by atoms with Crippen LogP contribution in [0.5, 0.6) is 0 Å². The molecule has 2 rings (SSSR count). The zero-order chi connectivity index (χ0) is 18.2. The molecule has 9 heteroatoms. The Kier molecular flexibility index (Phi) is 7.08. The standard InChI is InChI=1S/C16H19BrN4O4/c1-3-21(9-13(22)18-16(23)24-4-2)10-14-19-20-15(25-14)11-7-5-6-8-12(11)17/h5-8H,3-4,9-10H2,1-2H3,(H,18,22,23)/p+1. The van der Waals surface area contributed by atoms with Gasteiger partial charge in [0.15, 0.2) is 13.1 Å². The maximum atomic E-state index is 11.9. The van der Waals surface area contributed by atoms with Crippen molar-refractivity contribution in [2.45, 2.75) is 20.4 Å².